The van der Waals surface area contributed by atoms with Gasteiger partial charge in [0.1, 0.15) is 11.5 Å². The Labute approximate surface area is 188 Å². The Morgan fingerprint density at radius 1 is 1.17 bits per heavy atom. The van der Waals surface area contributed by atoms with Gasteiger partial charge < -0.3 is 20.9 Å². The van der Waals surface area contributed by atoms with Crippen LogP contribution in [0.1, 0.15) is 31.0 Å². The molecule has 4 N–H and O–H groups in total. The van der Waals surface area contributed by atoms with Gasteiger partial charge >= 0.3 is 0 Å². The van der Waals surface area contributed by atoms with Gasteiger partial charge in [-0.3, -0.25) is 4.98 Å². The van der Waals surface area contributed by atoms with E-state index in [-0.39, 0.29) is 36.6 Å². The zero-order valence-electron chi connectivity index (χ0n) is 16.5. The summed E-state index contributed by atoms with van der Waals surface area (Å²) in [6.45, 7) is 4.53. The Balaban J connectivity index is 0.00000210. The summed E-state index contributed by atoms with van der Waals surface area (Å²) in [6, 6.07) is 12.4. The van der Waals surface area contributed by atoms with E-state index in [9.17, 15) is 5.11 Å². The molecule has 0 fully saturated rings. The number of ether oxygens (including phenoxy) is 1. The number of nitrogens with zero attached hydrogens (tertiary/aromatic N) is 1. The first-order valence-electron chi connectivity index (χ1n) is 8.72. The molecule has 1 unspecified atom stereocenters. The molecular formula is C21H26Cl3N3O2. The highest BCUT2D eigenvalue weighted by Gasteiger charge is 2.28. The fourth-order valence-corrected chi connectivity index (χ4v) is 3.23. The third-order valence-electron chi connectivity index (χ3n) is 4.87. The Morgan fingerprint density at radius 3 is 2.59 bits per heavy atom. The Bertz CT molecular complexity index is 967. The van der Waals surface area contributed by atoms with Crippen LogP contribution in [0.15, 0.2) is 48.7 Å². The average molecular weight is 459 g/mol. The van der Waals surface area contributed by atoms with Gasteiger partial charge in [0.25, 0.3) is 0 Å². The molecule has 5 nitrogen and oxygen atoms in total. The SMILES string of the molecule is COc1ccc(O)c(CNC(C)(C)C(N)c2ccnc3cc(Cl)ccc23)c1.Cl.Cl. The molecule has 158 valence electrons. The standard InChI is InChI=1S/C21H24ClN3O2.2ClH/c1-21(2,25-12-13-10-15(27-3)5-7-19(13)26)20(23)17-8-9-24-18-11-14(22)4-6-16(17)18;;/h4-11,20,25-26H,12,23H2,1-3H3;2*1H. The predicted octanol–water partition coefficient (Wildman–Crippen LogP) is 5.01. The Kier molecular flexibility index (Phi) is 9.00. The topological polar surface area (TPSA) is 80.4 Å². The molecule has 0 saturated carbocycles. The van der Waals surface area contributed by atoms with Crippen molar-refractivity contribution in [1.29, 1.82) is 0 Å². The third-order valence-corrected chi connectivity index (χ3v) is 5.11. The van der Waals surface area contributed by atoms with Crippen molar-refractivity contribution < 1.29 is 9.84 Å². The number of halogens is 3. The molecular weight excluding hydrogens is 433 g/mol. The highest BCUT2D eigenvalue weighted by Crippen LogP contribution is 2.31. The lowest BCUT2D eigenvalue weighted by Crippen LogP contribution is -2.48. The van der Waals surface area contributed by atoms with Crippen LogP contribution >= 0.6 is 36.4 Å². The maximum absolute atomic E-state index is 10.1. The molecule has 1 aromatic heterocycles. The van der Waals surface area contributed by atoms with Crippen LogP contribution in [0.3, 0.4) is 0 Å². The van der Waals surface area contributed by atoms with Gasteiger partial charge in [0.05, 0.1) is 12.6 Å². The highest BCUT2D eigenvalue weighted by molar-refractivity contribution is 6.31. The summed E-state index contributed by atoms with van der Waals surface area (Å²) in [7, 11) is 1.60. The van der Waals surface area contributed by atoms with Gasteiger partial charge in [-0.1, -0.05) is 17.7 Å². The van der Waals surface area contributed by atoms with Crippen molar-refractivity contribution in [3.8, 4) is 11.5 Å². The number of benzene rings is 2. The molecule has 3 rings (SSSR count). The molecule has 1 atom stereocenters. The van der Waals surface area contributed by atoms with E-state index in [1.165, 1.54) is 0 Å². The molecule has 1 heterocycles. The van der Waals surface area contributed by atoms with Gasteiger partial charge in [-0.25, -0.2) is 0 Å². The van der Waals surface area contributed by atoms with Crippen LogP contribution < -0.4 is 15.8 Å². The summed E-state index contributed by atoms with van der Waals surface area (Å²) in [6.07, 6.45) is 1.75. The van der Waals surface area contributed by atoms with Crippen molar-refractivity contribution >= 4 is 47.3 Å². The number of fused-ring (bicyclic) bond motifs is 1. The number of aromatic nitrogens is 1. The van der Waals surface area contributed by atoms with E-state index in [0.717, 1.165) is 22.0 Å². The number of rotatable bonds is 6. The molecule has 0 saturated heterocycles. The number of hydrogen-bond acceptors (Lipinski definition) is 5. The molecule has 0 aliphatic heterocycles. The zero-order chi connectivity index (χ0) is 19.6. The van der Waals surface area contributed by atoms with E-state index in [4.69, 9.17) is 22.1 Å². The van der Waals surface area contributed by atoms with E-state index in [0.29, 0.717) is 17.3 Å². The normalized spacial score (nSPS) is 12.0. The zero-order valence-corrected chi connectivity index (χ0v) is 18.9. The molecule has 3 aromatic rings. The van der Waals surface area contributed by atoms with E-state index in [1.54, 1.807) is 25.4 Å². The number of aromatic hydroxyl groups is 1. The number of phenolic OH excluding ortho intramolecular Hbond substituents is 1. The van der Waals surface area contributed by atoms with Crippen LogP contribution in [0.5, 0.6) is 11.5 Å². The molecule has 0 radical (unpaired) electrons. The van der Waals surface area contributed by atoms with Gasteiger partial charge in [-0.2, -0.15) is 0 Å². The fourth-order valence-electron chi connectivity index (χ4n) is 3.07. The fraction of sp³-hybridized carbons (Fsp3) is 0.286. The van der Waals surface area contributed by atoms with Crippen molar-refractivity contribution in [2.24, 2.45) is 5.73 Å². The average Bonchev–Trinajstić information content (AvgIpc) is 2.66. The second-order valence-electron chi connectivity index (χ2n) is 7.11. The summed E-state index contributed by atoms with van der Waals surface area (Å²) < 4.78 is 5.24. The van der Waals surface area contributed by atoms with Crippen molar-refractivity contribution in [2.45, 2.75) is 32.0 Å². The molecule has 0 aliphatic rings. The van der Waals surface area contributed by atoms with E-state index in [2.05, 4.69) is 10.3 Å². The van der Waals surface area contributed by atoms with Crippen LogP contribution in [-0.2, 0) is 6.54 Å². The number of hydrogen-bond donors (Lipinski definition) is 3. The molecule has 0 spiro atoms. The maximum atomic E-state index is 10.1. The number of methoxy groups -OCH3 is 1. The quantitative estimate of drug-likeness (QED) is 0.483. The van der Waals surface area contributed by atoms with Gasteiger partial charge in [-0.15, -0.1) is 24.8 Å². The van der Waals surface area contributed by atoms with Crippen molar-refractivity contribution in [2.75, 3.05) is 7.11 Å². The highest BCUT2D eigenvalue weighted by atomic mass is 35.5. The summed E-state index contributed by atoms with van der Waals surface area (Å²) in [5, 5.41) is 15.2. The van der Waals surface area contributed by atoms with Crippen LogP contribution in [0.25, 0.3) is 10.9 Å². The minimum Gasteiger partial charge on any atom is -0.508 e. The summed E-state index contributed by atoms with van der Waals surface area (Å²) in [5.74, 6) is 0.917. The van der Waals surface area contributed by atoms with Crippen molar-refractivity contribution in [3.63, 3.8) is 0 Å². The first-order valence-corrected chi connectivity index (χ1v) is 9.10. The number of nitrogens with one attached hydrogen (secondary N) is 1. The number of pyridine rings is 1. The molecule has 0 aliphatic carbocycles. The van der Waals surface area contributed by atoms with Crippen molar-refractivity contribution in [1.82, 2.24) is 10.3 Å². The minimum atomic E-state index is -0.441. The maximum Gasteiger partial charge on any atom is 0.120 e. The monoisotopic (exact) mass is 457 g/mol. The first kappa shape index (κ1) is 25.3. The van der Waals surface area contributed by atoms with E-state index >= 15 is 0 Å². The second kappa shape index (κ2) is 10.3. The van der Waals surface area contributed by atoms with Crippen LogP contribution in [-0.4, -0.2) is 22.7 Å². The van der Waals surface area contributed by atoms with Crippen molar-refractivity contribution in [3.05, 3.63) is 64.8 Å². The Morgan fingerprint density at radius 2 is 1.90 bits per heavy atom. The Hall–Kier alpha value is -1.76. The van der Waals surface area contributed by atoms with E-state index < -0.39 is 5.54 Å². The minimum absolute atomic E-state index is 0. The molecule has 29 heavy (non-hydrogen) atoms. The van der Waals surface area contributed by atoms with E-state index in [1.807, 2.05) is 44.2 Å². The number of phenols is 1. The van der Waals surface area contributed by atoms with Crippen LogP contribution in [0.4, 0.5) is 0 Å². The van der Waals surface area contributed by atoms with Crippen LogP contribution in [0.2, 0.25) is 5.02 Å². The van der Waals surface area contributed by atoms with Crippen LogP contribution in [0, 0.1) is 0 Å². The molecule has 2 aromatic carbocycles. The summed E-state index contributed by atoms with van der Waals surface area (Å²) in [4.78, 5) is 4.38. The molecule has 8 heteroatoms. The van der Waals surface area contributed by atoms with Gasteiger partial charge in [0.2, 0.25) is 0 Å². The lowest BCUT2D eigenvalue weighted by Gasteiger charge is -2.34. The molecule has 0 bridgehead atoms. The summed E-state index contributed by atoms with van der Waals surface area (Å²) >= 11 is 6.08. The first-order chi connectivity index (χ1) is 12.8. The summed E-state index contributed by atoms with van der Waals surface area (Å²) in [5.41, 5.74) is 8.74. The molecule has 0 amide bonds. The smallest absolute Gasteiger partial charge is 0.120 e. The van der Waals surface area contributed by atoms with Gasteiger partial charge in [-0.05, 0) is 55.8 Å². The third kappa shape index (κ3) is 5.65. The van der Waals surface area contributed by atoms with Gasteiger partial charge in [0, 0.05) is 40.3 Å². The van der Waals surface area contributed by atoms with Gasteiger partial charge in [0.15, 0.2) is 0 Å². The number of nitrogens with two attached hydrogens (primary N) is 1. The largest absolute Gasteiger partial charge is 0.508 e. The lowest BCUT2D eigenvalue weighted by atomic mass is 9.87. The lowest BCUT2D eigenvalue weighted by molar-refractivity contribution is 0.319. The second-order valence-corrected chi connectivity index (χ2v) is 7.55. The predicted molar refractivity (Wildman–Crippen MR) is 124 cm³/mol.